The monoisotopic (exact) mass is 862 g/mol. The van der Waals surface area contributed by atoms with Crippen molar-refractivity contribution in [1.82, 2.24) is 0 Å². The first-order valence-electron chi connectivity index (χ1n) is 20.6. The largest absolute Gasteiger partial charge is 0.497 e. The van der Waals surface area contributed by atoms with Crippen molar-refractivity contribution in [3.8, 4) is 23.0 Å². The lowest BCUT2D eigenvalue weighted by Crippen LogP contribution is -2.42. The number of allylic oxidation sites excluding steroid dienone is 1. The van der Waals surface area contributed by atoms with Gasteiger partial charge in [-0.3, -0.25) is 0 Å². The summed E-state index contributed by atoms with van der Waals surface area (Å²) in [5.74, 6) is 3.09. The quantitative estimate of drug-likeness (QED) is 0.0334. The second kappa shape index (κ2) is 29.5. The maximum absolute atomic E-state index is 10.6. The number of aliphatic hydroxyl groups is 2. The third-order valence-electron chi connectivity index (χ3n) is 9.49. The summed E-state index contributed by atoms with van der Waals surface area (Å²) in [6.45, 7) is 9.56. The minimum absolute atomic E-state index is 0.0482. The highest BCUT2D eigenvalue weighted by atomic mass is 16.6. The SMILES string of the molecule is COc1ccc(CO[C@@H]([C@H](C)O)[C@H](COCC=C(C)C)OCc2ccc(OC)cc2)cc1.COc1ccc(CO[C@@H]([C@H](C)O)[C@H](COCC=O)OCc2ccc(OC)cc2)cc1. The molecular weight excluding hydrogens is 797 g/mol. The van der Waals surface area contributed by atoms with Crippen molar-refractivity contribution in [1.29, 1.82) is 0 Å². The first-order valence-corrected chi connectivity index (χ1v) is 20.6. The van der Waals surface area contributed by atoms with Gasteiger partial charge in [-0.15, -0.1) is 0 Å². The van der Waals surface area contributed by atoms with Gasteiger partial charge in [0.05, 0.1) is 86.9 Å². The first-order chi connectivity index (χ1) is 30.0. The average molecular weight is 863 g/mol. The van der Waals surface area contributed by atoms with Crippen LogP contribution in [0.25, 0.3) is 0 Å². The summed E-state index contributed by atoms with van der Waals surface area (Å²) in [6, 6.07) is 30.3. The number of ether oxygens (including phenoxy) is 10. The number of carbonyl (C=O) groups excluding carboxylic acids is 1. The van der Waals surface area contributed by atoms with Gasteiger partial charge in [-0.2, -0.15) is 0 Å². The molecule has 0 aliphatic rings. The lowest BCUT2D eigenvalue weighted by molar-refractivity contribution is -0.149. The van der Waals surface area contributed by atoms with E-state index < -0.39 is 36.6 Å². The Morgan fingerprint density at radius 3 is 1.03 bits per heavy atom. The van der Waals surface area contributed by atoms with Gasteiger partial charge in [-0.1, -0.05) is 60.2 Å². The molecule has 0 radical (unpaired) electrons. The molecule has 0 aliphatic carbocycles. The maximum atomic E-state index is 10.6. The molecule has 13 heteroatoms. The highest BCUT2D eigenvalue weighted by Crippen LogP contribution is 2.21. The molecule has 0 amide bonds. The van der Waals surface area contributed by atoms with Gasteiger partial charge in [-0.25, -0.2) is 0 Å². The number of aldehydes is 1. The highest BCUT2D eigenvalue weighted by molar-refractivity contribution is 5.50. The van der Waals surface area contributed by atoms with Gasteiger partial charge in [0.15, 0.2) is 0 Å². The van der Waals surface area contributed by atoms with Gasteiger partial charge in [0, 0.05) is 0 Å². The van der Waals surface area contributed by atoms with E-state index in [-0.39, 0.29) is 19.8 Å². The Bertz CT molecular complexity index is 1790. The summed E-state index contributed by atoms with van der Waals surface area (Å²) in [7, 11) is 6.49. The van der Waals surface area contributed by atoms with Gasteiger partial charge < -0.3 is 62.4 Å². The minimum Gasteiger partial charge on any atom is -0.497 e. The van der Waals surface area contributed by atoms with E-state index in [1.54, 1.807) is 42.3 Å². The molecule has 340 valence electrons. The lowest BCUT2D eigenvalue weighted by Gasteiger charge is -2.29. The number of aliphatic hydroxyl groups excluding tert-OH is 2. The van der Waals surface area contributed by atoms with E-state index >= 15 is 0 Å². The minimum atomic E-state index is -0.802. The van der Waals surface area contributed by atoms with Crippen LogP contribution in [0.2, 0.25) is 0 Å². The Kier molecular flexibility index (Phi) is 24.5. The van der Waals surface area contributed by atoms with Gasteiger partial charge in [0.25, 0.3) is 0 Å². The van der Waals surface area contributed by atoms with E-state index in [0.717, 1.165) is 45.3 Å². The van der Waals surface area contributed by atoms with E-state index in [1.807, 2.05) is 117 Å². The van der Waals surface area contributed by atoms with Crippen LogP contribution in [0.4, 0.5) is 0 Å². The van der Waals surface area contributed by atoms with Crippen molar-refractivity contribution in [2.75, 3.05) is 54.9 Å². The molecule has 0 saturated carbocycles. The fourth-order valence-corrected chi connectivity index (χ4v) is 5.91. The van der Waals surface area contributed by atoms with Crippen LogP contribution < -0.4 is 18.9 Å². The molecule has 62 heavy (non-hydrogen) atoms. The molecule has 0 saturated heterocycles. The molecule has 0 aromatic heterocycles. The molecule has 4 aromatic carbocycles. The van der Waals surface area contributed by atoms with E-state index in [4.69, 9.17) is 47.4 Å². The molecule has 0 spiro atoms. The van der Waals surface area contributed by atoms with Crippen LogP contribution in [0.1, 0.15) is 49.9 Å². The number of hydrogen-bond acceptors (Lipinski definition) is 13. The fraction of sp³-hybridized carbons (Fsp3) is 0.449. The molecule has 0 aliphatic heterocycles. The predicted molar refractivity (Wildman–Crippen MR) is 237 cm³/mol. The van der Waals surface area contributed by atoms with E-state index in [0.29, 0.717) is 39.3 Å². The summed E-state index contributed by atoms with van der Waals surface area (Å²) >= 11 is 0. The van der Waals surface area contributed by atoms with Crippen molar-refractivity contribution in [2.45, 2.75) is 90.7 Å². The zero-order valence-electron chi connectivity index (χ0n) is 37.4. The number of rotatable bonds is 28. The topological polar surface area (TPSA) is 150 Å². The highest BCUT2D eigenvalue weighted by Gasteiger charge is 2.29. The Morgan fingerprint density at radius 1 is 0.484 bits per heavy atom. The molecule has 0 unspecified atom stereocenters. The number of hydrogen-bond donors (Lipinski definition) is 2. The van der Waals surface area contributed by atoms with Gasteiger partial charge >= 0.3 is 0 Å². The van der Waals surface area contributed by atoms with Crippen LogP contribution in [0, 0.1) is 0 Å². The Morgan fingerprint density at radius 2 is 0.774 bits per heavy atom. The van der Waals surface area contributed by atoms with Crippen molar-refractivity contribution in [2.24, 2.45) is 0 Å². The molecule has 0 fully saturated rings. The van der Waals surface area contributed by atoms with Gasteiger partial charge in [-0.05, 0) is 98.5 Å². The summed E-state index contributed by atoms with van der Waals surface area (Å²) in [5, 5.41) is 20.7. The summed E-state index contributed by atoms with van der Waals surface area (Å²) in [4.78, 5) is 10.6. The van der Waals surface area contributed by atoms with E-state index in [1.165, 1.54) is 5.57 Å². The van der Waals surface area contributed by atoms with Crippen molar-refractivity contribution >= 4 is 6.29 Å². The zero-order valence-corrected chi connectivity index (χ0v) is 37.4. The lowest BCUT2D eigenvalue weighted by atomic mass is 10.1. The molecule has 0 heterocycles. The van der Waals surface area contributed by atoms with Crippen molar-refractivity contribution < 1.29 is 62.4 Å². The third kappa shape index (κ3) is 19.5. The van der Waals surface area contributed by atoms with E-state index in [9.17, 15) is 15.0 Å². The molecule has 6 atom stereocenters. The Hall–Kier alpha value is -4.83. The number of benzene rings is 4. The van der Waals surface area contributed by atoms with Crippen molar-refractivity contribution in [3.63, 3.8) is 0 Å². The van der Waals surface area contributed by atoms with E-state index in [2.05, 4.69) is 0 Å². The van der Waals surface area contributed by atoms with Crippen LogP contribution in [0.15, 0.2) is 109 Å². The first kappa shape index (κ1) is 51.5. The summed E-state index contributed by atoms with van der Waals surface area (Å²) in [5.41, 5.74) is 5.04. The molecule has 4 rings (SSSR count). The van der Waals surface area contributed by atoms with Gasteiger partial charge in [0.1, 0.15) is 60.3 Å². The van der Waals surface area contributed by atoms with Crippen LogP contribution in [-0.4, -0.2) is 108 Å². The standard InChI is InChI=1S/C26H36O6.C23H30O7/c1-19(2)14-15-30-18-25(31-16-21-6-10-23(28-4)11-7-21)26(20(3)27)32-17-22-8-12-24(29-5)13-9-22;1-17(25)23(30-15-19-6-10-21(27-3)11-7-19)22(16-28-13-12-24)29-14-18-4-8-20(26-2)9-5-18/h6-14,20,25-27H,15-18H2,1-5H3;4-12,17,22-23,25H,13-16H2,1-3H3/t20-,25-,26-;17-,22-,23-/m00/s1. The van der Waals surface area contributed by atoms with Crippen LogP contribution in [0.5, 0.6) is 23.0 Å². The maximum Gasteiger partial charge on any atom is 0.145 e. The normalized spacial score (nSPS) is 13.9. The molecular formula is C49H66O13. The summed E-state index contributed by atoms with van der Waals surface area (Å²) in [6.07, 6.45) is -1.05. The Balaban J connectivity index is 0.000000331. The number of carbonyl (C=O) groups is 1. The molecule has 2 N–H and O–H groups in total. The predicted octanol–water partition coefficient (Wildman–Crippen LogP) is 7.31. The molecule has 0 bridgehead atoms. The number of methoxy groups -OCH3 is 4. The summed E-state index contributed by atoms with van der Waals surface area (Å²) < 4.78 is 56.2. The average Bonchev–Trinajstić information content (AvgIpc) is 3.29. The van der Waals surface area contributed by atoms with Crippen LogP contribution >= 0.6 is 0 Å². The van der Waals surface area contributed by atoms with Gasteiger partial charge in [0.2, 0.25) is 0 Å². The smallest absolute Gasteiger partial charge is 0.145 e. The second-order valence-corrected chi connectivity index (χ2v) is 14.6. The Labute approximate surface area is 367 Å². The molecule has 13 nitrogen and oxygen atoms in total. The van der Waals surface area contributed by atoms with Crippen LogP contribution in [-0.2, 0) is 59.6 Å². The van der Waals surface area contributed by atoms with Crippen molar-refractivity contribution in [3.05, 3.63) is 131 Å². The second-order valence-electron chi connectivity index (χ2n) is 14.6. The fourth-order valence-electron chi connectivity index (χ4n) is 5.91. The molecule has 4 aromatic rings. The third-order valence-corrected chi connectivity index (χ3v) is 9.49. The van der Waals surface area contributed by atoms with Crippen LogP contribution in [0.3, 0.4) is 0 Å². The zero-order chi connectivity index (χ0) is 45.1.